The second-order valence-corrected chi connectivity index (χ2v) is 6.44. The van der Waals surface area contributed by atoms with Crippen molar-refractivity contribution < 1.29 is 26.8 Å². The molecule has 0 unspecified atom stereocenters. The highest BCUT2D eigenvalue weighted by Crippen LogP contribution is 2.33. The van der Waals surface area contributed by atoms with Gasteiger partial charge in [-0.3, -0.25) is 9.78 Å². The molecule has 8 nitrogen and oxygen atoms in total. The van der Waals surface area contributed by atoms with Gasteiger partial charge in [-0.1, -0.05) is 0 Å². The smallest absolute Gasteiger partial charge is 0.419 e. The Morgan fingerprint density at radius 2 is 2.03 bits per heavy atom. The SMILES string of the molecule is CNC(=O)Cn1nc(Nc2ccc(F)c(C(F)(F)F)c2)nc1-c1cnc2ccoc2c1. The Hall–Kier alpha value is -3.96. The molecule has 0 aliphatic heterocycles. The van der Waals surface area contributed by atoms with E-state index in [1.165, 1.54) is 24.2 Å². The quantitative estimate of drug-likeness (QED) is 0.465. The van der Waals surface area contributed by atoms with E-state index < -0.39 is 17.6 Å². The number of hydrogen-bond donors (Lipinski definition) is 2. The Morgan fingerprint density at radius 1 is 1.23 bits per heavy atom. The Bertz CT molecular complexity index is 1260. The number of aromatic nitrogens is 4. The van der Waals surface area contributed by atoms with Crippen LogP contribution in [0.4, 0.5) is 29.2 Å². The highest BCUT2D eigenvalue weighted by molar-refractivity contribution is 5.79. The number of amides is 1. The van der Waals surface area contributed by atoms with E-state index in [-0.39, 0.29) is 29.9 Å². The van der Waals surface area contributed by atoms with Crippen molar-refractivity contribution in [2.75, 3.05) is 12.4 Å². The number of rotatable bonds is 5. The van der Waals surface area contributed by atoms with E-state index in [1.807, 2.05) is 0 Å². The van der Waals surface area contributed by atoms with Gasteiger partial charge >= 0.3 is 6.18 Å². The zero-order chi connectivity index (χ0) is 22.2. The third kappa shape index (κ3) is 4.17. The summed E-state index contributed by atoms with van der Waals surface area (Å²) >= 11 is 0. The number of benzene rings is 1. The summed E-state index contributed by atoms with van der Waals surface area (Å²) in [5.41, 5.74) is 0.0780. The van der Waals surface area contributed by atoms with Crippen molar-refractivity contribution in [3.8, 4) is 11.4 Å². The summed E-state index contributed by atoms with van der Waals surface area (Å²) in [5, 5.41) is 9.22. The molecule has 0 saturated carbocycles. The number of hydrogen-bond acceptors (Lipinski definition) is 6. The lowest BCUT2D eigenvalue weighted by molar-refractivity contribution is -0.140. The molecule has 0 aliphatic rings. The van der Waals surface area contributed by atoms with Gasteiger partial charge in [-0.2, -0.15) is 18.2 Å². The van der Waals surface area contributed by atoms with Crippen LogP contribution >= 0.6 is 0 Å². The van der Waals surface area contributed by atoms with Crippen LogP contribution in [0.2, 0.25) is 0 Å². The number of furan rings is 1. The molecule has 160 valence electrons. The molecule has 0 radical (unpaired) electrons. The van der Waals surface area contributed by atoms with Gasteiger partial charge in [0.05, 0.1) is 11.8 Å². The van der Waals surface area contributed by atoms with Crippen LogP contribution in [0.1, 0.15) is 5.56 Å². The van der Waals surface area contributed by atoms with Gasteiger partial charge in [0.25, 0.3) is 0 Å². The molecule has 2 N–H and O–H groups in total. The second-order valence-electron chi connectivity index (χ2n) is 6.44. The van der Waals surface area contributed by atoms with Crippen LogP contribution in [-0.2, 0) is 17.5 Å². The van der Waals surface area contributed by atoms with Crippen molar-refractivity contribution in [1.82, 2.24) is 25.1 Å². The van der Waals surface area contributed by atoms with E-state index in [9.17, 15) is 22.4 Å². The van der Waals surface area contributed by atoms with Gasteiger partial charge in [0.15, 0.2) is 11.4 Å². The lowest BCUT2D eigenvalue weighted by Crippen LogP contribution is -2.24. The maximum Gasteiger partial charge on any atom is 0.419 e. The molecule has 1 amide bonds. The molecule has 0 bridgehead atoms. The number of carbonyl (C=O) groups is 1. The molecule has 1 aromatic carbocycles. The Morgan fingerprint density at radius 3 is 2.77 bits per heavy atom. The maximum atomic E-state index is 13.5. The van der Waals surface area contributed by atoms with Crippen LogP contribution in [0, 0.1) is 5.82 Å². The Kier molecular flexibility index (Phi) is 5.05. The fourth-order valence-corrected chi connectivity index (χ4v) is 2.85. The molecule has 4 aromatic rings. The van der Waals surface area contributed by atoms with Gasteiger partial charge in [0, 0.05) is 30.6 Å². The number of fused-ring (bicyclic) bond motifs is 1. The Balaban J connectivity index is 1.72. The molecule has 0 fully saturated rings. The highest BCUT2D eigenvalue weighted by atomic mass is 19.4. The second kappa shape index (κ2) is 7.70. The minimum absolute atomic E-state index is 0.0722. The van der Waals surface area contributed by atoms with Crippen molar-refractivity contribution in [3.63, 3.8) is 0 Å². The first-order valence-corrected chi connectivity index (χ1v) is 8.87. The molecular weight excluding hydrogens is 420 g/mol. The van der Waals surface area contributed by atoms with Crippen molar-refractivity contribution >= 4 is 28.6 Å². The zero-order valence-corrected chi connectivity index (χ0v) is 15.9. The third-order valence-corrected chi connectivity index (χ3v) is 4.33. The molecule has 12 heteroatoms. The number of pyridine rings is 1. The molecule has 3 heterocycles. The van der Waals surface area contributed by atoms with Crippen molar-refractivity contribution in [3.05, 3.63) is 54.2 Å². The van der Waals surface area contributed by atoms with Crippen LogP contribution in [0.15, 0.2) is 47.2 Å². The van der Waals surface area contributed by atoms with Crippen molar-refractivity contribution in [2.45, 2.75) is 12.7 Å². The average Bonchev–Trinajstić information content (AvgIpc) is 3.34. The van der Waals surface area contributed by atoms with Crippen LogP contribution in [-0.4, -0.2) is 32.7 Å². The van der Waals surface area contributed by atoms with Gasteiger partial charge in [-0.05, 0) is 24.3 Å². The minimum Gasteiger partial charge on any atom is -0.463 e. The summed E-state index contributed by atoms with van der Waals surface area (Å²) in [4.78, 5) is 20.4. The van der Waals surface area contributed by atoms with E-state index in [2.05, 4.69) is 25.7 Å². The number of nitrogens with one attached hydrogen (secondary N) is 2. The number of likely N-dealkylation sites (N-methyl/N-ethyl adjacent to an activating group) is 1. The number of carbonyl (C=O) groups excluding carboxylic acids is 1. The van der Waals surface area contributed by atoms with Crippen molar-refractivity contribution in [2.24, 2.45) is 0 Å². The molecule has 0 saturated heterocycles. The van der Waals surface area contributed by atoms with Gasteiger partial charge < -0.3 is 15.1 Å². The van der Waals surface area contributed by atoms with E-state index >= 15 is 0 Å². The fraction of sp³-hybridized carbons (Fsp3) is 0.158. The molecule has 0 spiro atoms. The van der Waals surface area contributed by atoms with Crippen LogP contribution in [0.25, 0.3) is 22.5 Å². The molecule has 0 aliphatic carbocycles. The van der Waals surface area contributed by atoms with Gasteiger partial charge in [-0.15, -0.1) is 5.10 Å². The van der Waals surface area contributed by atoms with E-state index in [4.69, 9.17) is 4.42 Å². The topological polar surface area (TPSA) is 97.9 Å². The standard InChI is InChI=1S/C19H14F4N6O2/c1-24-16(30)9-29-17(10-6-15-14(25-8-10)4-5-31-15)27-18(28-29)26-11-2-3-13(20)12(7-11)19(21,22)23/h2-8H,9H2,1H3,(H,24,30)(H,26,28). The minimum atomic E-state index is -4.86. The number of halogens is 4. The Labute approximate surface area is 171 Å². The summed E-state index contributed by atoms with van der Waals surface area (Å²) in [6, 6.07) is 5.76. The third-order valence-electron chi connectivity index (χ3n) is 4.33. The average molecular weight is 434 g/mol. The van der Waals surface area contributed by atoms with Crippen LogP contribution in [0.3, 0.4) is 0 Å². The first kappa shape index (κ1) is 20.3. The predicted octanol–water partition coefficient (Wildman–Crippen LogP) is 3.73. The zero-order valence-electron chi connectivity index (χ0n) is 15.9. The first-order chi connectivity index (χ1) is 14.7. The van der Waals surface area contributed by atoms with Crippen LogP contribution < -0.4 is 10.6 Å². The van der Waals surface area contributed by atoms with Gasteiger partial charge in [0.2, 0.25) is 11.9 Å². The fourth-order valence-electron chi connectivity index (χ4n) is 2.85. The lowest BCUT2D eigenvalue weighted by Gasteiger charge is -2.10. The van der Waals surface area contributed by atoms with E-state index in [0.717, 1.165) is 6.07 Å². The largest absolute Gasteiger partial charge is 0.463 e. The first-order valence-electron chi connectivity index (χ1n) is 8.87. The van der Waals surface area contributed by atoms with Gasteiger partial charge in [-0.25, -0.2) is 9.07 Å². The number of alkyl halides is 3. The summed E-state index contributed by atoms with van der Waals surface area (Å²) in [6.45, 7) is -0.200. The van der Waals surface area contributed by atoms with Crippen molar-refractivity contribution in [1.29, 1.82) is 0 Å². The molecule has 3 aromatic heterocycles. The normalized spacial score (nSPS) is 11.6. The maximum absolute atomic E-state index is 13.5. The number of nitrogens with zero attached hydrogens (tertiary/aromatic N) is 4. The summed E-state index contributed by atoms with van der Waals surface area (Å²) in [7, 11) is 1.45. The van der Waals surface area contributed by atoms with E-state index in [1.54, 1.807) is 12.1 Å². The van der Waals surface area contributed by atoms with E-state index in [0.29, 0.717) is 28.8 Å². The predicted molar refractivity (Wildman–Crippen MR) is 102 cm³/mol. The monoisotopic (exact) mass is 434 g/mol. The summed E-state index contributed by atoms with van der Waals surface area (Å²) in [6.07, 6.45) is -1.88. The summed E-state index contributed by atoms with van der Waals surface area (Å²) in [5.74, 6) is -1.62. The lowest BCUT2D eigenvalue weighted by atomic mass is 10.2. The van der Waals surface area contributed by atoms with Gasteiger partial charge in [0.1, 0.15) is 17.9 Å². The van der Waals surface area contributed by atoms with Crippen LogP contribution in [0.5, 0.6) is 0 Å². The molecule has 31 heavy (non-hydrogen) atoms. The molecular formula is C19H14F4N6O2. The highest BCUT2D eigenvalue weighted by Gasteiger charge is 2.34. The summed E-state index contributed by atoms with van der Waals surface area (Å²) < 4.78 is 59.1. The number of anilines is 2. The molecule has 0 atom stereocenters. The molecule has 4 rings (SSSR count).